The third-order valence-corrected chi connectivity index (χ3v) is 3.90. The molecule has 1 aromatic rings. The lowest BCUT2D eigenvalue weighted by molar-refractivity contribution is -0.124. The van der Waals surface area contributed by atoms with Crippen molar-refractivity contribution in [2.24, 2.45) is 5.10 Å². The van der Waals surface area contributed by atoms with Crippen LogP contribution in [0, 0.1) is 6.92 Å². The zero-order chi connectivity index (χ0) is 15.6. The van der Waals surface area contributed by atoms with Crippen molar-refractivity contribution in [2.75, 3.05) is 25.0 Å². The maximum Gasteiger partial charge on any atom is 0.275 e. The smallest absolute Gasteiger partial charge is 0.275 e. The SMILES string of the molecule is CCN(CC)c1ccc(/C=C2\C(=O)N(C)N=C2C)c(C)c1. The summed E-state index contributed by atoms with van der Waals surface area (Å²) in [7, 11) is 1.68. The van der Waals surface area contributed by atoms with Gasteiger partial charge in [-0.2, -0.15) is 5.10 Å². The van der Waals surface area contributed by atoms with E-state index >= 15 is 0 Å². The Bertz CT molecular complexity index is 612. The number of rotatable bonds is 4. The minimum Gasteiger partial charge on any atom is -0.372 e. The summed E-state index contributed by atoms with van der Waals surface area (Å²) in [4.78, 5) is 14.3. The van der Waals surface area contributed by atoms with Crippen LogP contribution in [0.25, 0.3) is 6.08 Å². The van der Waals surface area contributed by atoms with Gasteiger partial charge >= 0.3 is 0 Å². The van der Waals surface area contributed by atoms with E-state index in [1.54, 1.807) is 7.05 Å². The molecule has 0 unspecified atom stereocenters. The number of carbonyl (C=O) groups is 1. The van der Waals surface area contributed by atoms with Gasteiger partial charge in [0.25, 0.3) is 5.91 Å². The van der Waals surface area contributed by atoms with Gasteiger partial charge in [-0.1, -0.05) is 6.07 Å². The van der Waals surface area contributed by atoms with E-state index in [2.05, 4.69) is 49.0 Å². The Labute approximate surface area is 126 Å². The van der Waals surface area contributed by atoms with Crippen LogP contribution in [-0.4, -0.2) is 36.8 Å². The van der Waals surface area contributed by atoms with E-state index in [1.165, 1.54) is 16.3 Å². The molecule has 4 heteroatoms. The Balaban J connectivity index is 2.35. The third-order valence-electron chi connectivity index (χ3n) is 3.90. The van der Waals surface area contributed by atoms with E-state index in [4.69, 9.17) is 0 Å². The molecule has 1 aromatic carbocycles. The van der Waals surface area contributed by atoms with Gasteiger partial charge in [0.15, 0.2) is 0 Å². The van der Waals surface area contributed by atoms with Crippen molar-refractivity contribution in [3.05, 3.63) is 34.9 Å². The van der Waals surface area contributed by atoms with Crippen molar-refractivity contribution >= 4 is 23.4 Å². The number of hydrogen-bond acceptors (Lipinski definition) is 3. The second-order valence-electron chi connectivity index (χ2n) is 5.29. The summed E-state index contributed by atoms with van der Waals surface area (Å²) in [6.07, 6.45) is 1.94. The normalized spacial score (nSPS) is 16.6. The molecule has 1 amide bonds. The monoisotopic (exact) mass is 285 g/mol. The number of amides is 1. The number of anilines is 1. The van der Waals surface area contributed by atoms with Crippen LogP contribution in [0.1, 0.15) is 31.9 Å². The Hall–Kier alpha value is -2.10. The Morgan fingerprint density at radius 1 is 1.24 bits per heavy atom. The van der Waals surface area contributed by atoms with Gasteiger partial charge in [-0.15, -0.1) is 0 Å². The van der Waals surface area contributed by atoms with Crippen LogP contribution in [0.3, 0.4) is 0 Å². The maximum absolute atomic E-state index is 12.0. The number of benzene rings is 1. The van der Waals surface area contributed by atoms with E-state index in [-0.39, 0.29) is 5.91 Å². The van der Waals surface area contributed by atoms with Crippen molar-refractivity contribution < 1.29 is 4.79 Å². The fourth-order valence-electron chi connectivity index (χ4n) is 2.58. The van der Waals surface area contributed by atoms with Crippen LogP contribution in [0.4, 0.5) is 5.69 Å². The van der Waals surface area contributed by atoms with Crippen LogP contribution in [0.2, 0.25) is 0 Å². The van der Waals surface area contributed by atoms with Crippen LogP contribution in [0.15, 0.2) is 28.9 Å². The molecule has 1 aliphatic rings. The summed E-state index contributed by atoms with van der Waals surface area (Å²) in [5.41, 5.74) is 4.91. The molecule has 0 spiro atoms. The number of likely N-dealkylation sites (N-methyl/N-ethyl adjacent to an activating group) is 1. The number of nitrogens with zero attached hydrogens (tertiary/aromatic N) is 3. The highest BCUT2D eigenvalue weighted by atomic mass is 16.2. The zero-order valence-corrected chi connectivity index (χ0v) is 13.5. The van der Waals surface area contributed by atoms with Gasteiger partial charge in [0.1, 0.15) is 0 Å². The fraction of sp³-hybridized carbons (Fsp3) is 0.412. The minimum atomic E-state index is -0.0419. The zero-order valence-electron chi connectivity index (χ0n) is 13.5. The first-order valence-electron chi connectivity index (χ1n) is 7.38. The maximum atomic E-state index is 12.0. The minimum absolute atomic E-state index is 0.0419. The average molecular weight is 285 g/mol. The molecule has 0 aliphatic carbocycles. The molecule has 0 saturated heterocycles. The second kappa shape index (κ2) is 6.12. The predicted octanol–water partition coefficient (Wildman–Crippen LogP) is 3.07. The molecule has 0 saturated carbocycles. The van der Waals surface area contributed by atoms with Gasteiger partial charge in [-0.25, -0.2) is 5.01 Å². The molecule has 1 aliphatic heterocycles. The van der Waals surface area contributed by atoms with Crippen LogP contribution in [0.5, 0.6) is 0 Å². The lowest BCUT2D eigenvalue weighted by Crippen LogP contribution is -2.21. The van der Waals surface area contributed by atoms with Crippen molar-refractivity contribution in [3.8, 4) is 0 Å². The molecule has 21 heavy (non-hydrogen) atoms. The third kappa shape index (κ3) is 2.99. The van der Waals surface area contributed by atoms with Crippen LogP contribution < -0.4 is 4.90 Å². The van der Waals surface area contributed by atoms with Crippen molar-refractivity contribution in [2.45, 2.75) is 27.7 Å². The van der Waals surface area contributed by atoms with Gasteiger partial charge in [0.05, 0.1) is 11.3 Å². The molecule has 0 atom stereocenters. The van der Waals surface area contributed by atoms with Crippen molar-refractivity contribution in [3.63, 3.8) is 0 Å². The molecule has 0 bridgehead atoms. The fourth-order valence-corrected chi connectivity index (χ4v) is 2.58. The molecule has 1 heterocycles. The summed E-state index contributed by atoms with van der Waals surface area (Å²) >= 11 is 0. The quantitative estimate of drug-likeness (QED) is 0.797. The standard InChI is InChI=1S/C17H23N3O/c1-6-20(7-2)15-9-8-14(12(3)10-15)11-16-13(4)18-19(5)17(16)21/h8-11H,6-7H2,1-5H3/b16-11-. The molecule has 4 nitrogen and oxygen atoms in total. The highest BCUT2D eigenvalue weighted by Crippen LogP contribution is 2.23. The number of aryl methyl sites for hydroxylation is 1. The van der Waals surface area contributed by atoms with E-state index < -0.39 is 0 Å². The topological polar surface area (TPSA) is 35.9 Å². The predicted molar refractivity (Wildman–Crippen MR) is 88.6 cm³/mol. The van der Waals surface area contributed by atoms with E-state index in [9.17, 15) is 4.79 Å². The Kier molecular flexibility index (Phi) is 4.46. The van der Waals surface area contributed by atoms with Gasteiger partial charge in [0.2, 0.25) is 0 Å². The molecule has 112 valence electrons. The summed E-state index contributed by atoms with van der Waals surface area (Å²) in [6.45, 7) is 10.2. The largest absolute Gasteiger partial charge is 0.372 e. The molecule has 0 aromatic heterocycles. The Morgan fingerprint density at radius 2 is 1.90 bits per heavy atom. The first kappa shape index (κ1) is 15.3. The van der Waals surface area contributed by atoms with E-state index in [0.717, 1.165) is 24.4 Å². The molecule has 0 fully saturated rings. The lowest BCUT2D eigenvalue weighted by Gasteiger charge is -2.21. The molecule has 0 N–H and O–H groups in total. The summed E-state index contributed by atoms with van der Waals surface area (Å²) in [6, 6.07) is 6.37. The van der Waals surface area contributed by atoms with Gasteiger partial charge in [-0.3, -0.25) is 4.79 Å². The summed E-state index contributed by atoms with van der Waals surface area (Å²) in [5.74, 6) is -0.0419. The average Bonchev–Trinajstić information content (AvgIpc) is 2.69. The number of hydrazone groups is 1. The number of carbonyl (C=O) groups excluding carboxylic acids is 1. The molecule has 0 radical (unpaired) electrons. The lowest BCUT2D eigenvalue weighted by atomic mass is 10.0. The molecule has 2 rings (SSSR count). The van der Waals surface area contributed by atoms with Gasteiger partial charge in [0, 0.05) is 25.8 Å². The highest BCUT2D eigenvalue weighted by molar-refractivity contribution is 6.26. The first-order valence-corrected chi connectivity index (χ1v) is 7.38. The second-order valence-corrected chi connectivity index (χ2v) is 5.29. The number of hydrogen-bond donors (Lipinski definition) is 0. The van der Waals surface area contributed by atoms with E-state index in [0.29, 0.717) is 5.57 Å². The van der Waals surface area contributed by atoms with Crippen molar-refractivity contribution in [1.82, 2.24) is 5.01 Å². The van der Waals surface area contributed by atoms with Crippen LogP contribution >= 0.6 is 0 Å². The Morgan fingerprint density at radius 3 is 2.38 bits per heavy atom. The molecular weight excluding hydrogens is 262 g/mol. The summed E-state index contributed by atoms with van der Waals surface area (Å²) < 4.78 is 0. The first-order chi connectivity index (χ1) is 9.97. The highest BCUT2D eigenvalue weighted by Gasteiger charge is 2.24. The van der Waals surface area contributed by atoms with Crippen LogP contribution in [-0.2, 0) is 4.79 Å². The van der Waals surface area contributed by atoms with Gasteiger partial charge in [-0.05, 0) is 57.0 Å². The summed E-state index contributed by atoms with van der Waals surface area (Å²) in [5, 5.41) is 5.56. The van der Waals surface area contributed by atoms with Gasteiger partial charge < -0.3 is 4.90 Å². The molecular formula is C17H23N3O. The van der Waals surface area contributed by atoms with E-state index in [1.807, 2.05) is 13.0 Å². The van der Waals surface area contributed by atoms with Crippen molar-refractivity contribution in [1.29, 1.82) is 0 Å².